The zero-order chi connectivity index (χ0) is 25.7. The predicted molar refractivity (Wildman–Crippen MR) is 144 cm³/mol. The molecular weight excluding hydrogens is 480 g/mol. The lowest BCUT2D eigenvalue weighted by Gasteiger charge is -2.26. The molecule has 0 bridgehead atoms. The number of carbonyl (C=O) groups is 2. The van der Waals surface area contributed by atoms with Gasteiger partial charge >= 0.3 is 6.03 Å². The van der Waals surface area contributed by atoms with E-state index in [1.807, 2.05) is 26.8 Å². The van der Waals surface area contributed by atoms with Gasteiger partial charge in [0.1, 0.15) is 11.4 Å². The predicted octanol–water partition coefficient (Wildman–Crippen LogP) is 4.39. The monoisotopic (exact) mass is 512 g/mol. The van der Waals surface area contributed by atoms with Gasteiger partial charge in [-0.1, -0.05) is 30.3 Å². The minimum absolute atomic E-state index is 0.0313. The lowest BCUT2D eigenvalue weighted by Crippen LogP contribution is -2.46. The maximum atomic E-state index is 13.7. The molecule has 2 aromatic carbocycles. The quantitative estimate of drug-likeness (QED) is 0.520. The summed E-state index contributed by atoms with van der Waals surface area (Å²) in [6.45, 7) is 4.60. The van der Waals surface area contributed by atoms with Gasteiger partial charge < -0.3 is 19.0 Å². The molecule has 0 N–H and O–H groups in total. The number of ether oxygens (including phenoxy) is 1. The lowest BCUT2D eigenvalue weighted by atomic mass is 9.98. The van der Waals surface area contributed by atoms with E-state index in [0.29, 0.717) is 32.7 Å². The van der Waals surface area contributed by atoms with Crippen LogP contribution >= 0.6 is 0 Å². The Morgan fingerprint density at radius 2 is 1.76 bits per heavy atom. The standard InChI is InChI=1S/C30H32N4O4/c35-28-30(11-16-37-20-30)31-27(34(28)19-21-9-14-33(18-21)29(36)32-12-1-2-13-32)23-5-3-22(4-6-23)24-7-8-26-25(17-24)10-15-38-26/h3-8,10,15,17,21H,1-2,9,11-14,16,18-20H2/t21-,30?/m1/s1. The molecule has 0 aliphatic carbocycles. The fourth-order valence-corrected chi connectivity index (χ4v) is 6.34. The summed E-state index contributed by atoms with van der Waals surface area (Å²) in [7, 11) is 0. The molecule has 8 heteroatoms. The van der Waals surface area contributed by atoms with Gasteiger partial charge in [-0.15, -0.1) is 0 Å². The number of amides is 3. The van der Waals surface area contributed by atoms with Gasteiger partial charge in [0.25, 0.3) is 5.91 Å². The number of urea groups is 1. The van der Waals surface area contributed by atoms with Crippen LogP contribution in [0, 0.1) is 5.92 Å². The molecule has 1 unspecified atom stereocenters. The number of fused-ring (bicyclic) bond motifs is 1. The Kier molecular flexibility index (Phi) is 5.73. The molecule has 3 aromatic rings. The van der Waals surface area contributed by atoms with Crippen molar-refractivity contribution in [3.8, 4) is 11.1 Å². The van der Waals surface area contributed by atoms with Crippen LogP contribution in [0.15, 0.2) is 64.2 Å². The summed E-state index contributed by atoms with van der Waals surface area (Å²) in [5.74, 6) is 0.986. The number of hydrogen-bond acceptors (Lipinski definition) is 5. The molecule has 2 atom stereocenters. The maximum Gasteiger partial charge on any atom is 0.320 e. The van der Waals surface area contributed by atoms with Gasteiger partial charge in [0.2, 0.25) is 0 Å². The fraction of sp³-hybridized carbons (Fsp3) is 0.433. The summed E-state index contributed by atoms with van der Waals surface area (Å²) >= 11 is 0. The van der Waals surface area contributed by atoms with Gasteiger partial charge in [0.15, 0.2) is 5.54 Å². The van der Waals surface area contributed by atoms with E-state index in [2.05, 4.69) is 36.4 Å². The highest BCUT2D eigenvalue weighted by Crippen LogP contribution is 2.35. The molecule has 4 aliphatic heterocycles. The fourth-order valence-electron chi connectivity index (χ4n) is 6.34. The van der Waals surface area contributed by atoms with Crippen molar-refractivity contribution in [1.29, 1.82) is 0 Å². The Bertz CT molecular complexity index is 1400. The van der Waals surface area contributed by atoms with E-state index in [0.717, 1.165) is 72.4 Å². The third-order valence-corrected chi connectivity index (χ3v) is 8.52. The number of likely N-dealkylation sites (tertiary alicyclic amines) is 2. The van der Waals surface area contributed by atoms with Gasteiger partial charge in [-0.2, -0.15) is 0 Å². The normalized spacial score (nSPS) is 25.4. The first-order chi connectivity index (χ1) is 18.6. The molecule has 8 nitrogen and oxygen atoms in total. The average Bonchev–Trinajstić information content (AvgIpc) is 3.78. The van der Waals surface area contributed by atoms with Crippen molar-refractivity contribution in [1.82, 2.24) is 14.7 Å². The van der Waals surface area contributed by atoms with Crippen LogP contribution in [0.1, 0.15) is 31.2 Å². The summed E-state index contributed by atoms with van der Waals surface area (Å²) in [5, 5.41) is 1.07. The number of carbonyl (C=O) groups excluding carboxylic acids is 2. The third kappa shape index (κ3) is 3.98. The van der Waals surface area contributed by atoms with Crippen molar-refractivity contribution in [2.45, 2.75) is 31.2 Å². The van der Waals surface area contributed by atoms with Crippen LogP contribution in [-0.4, -0.2) is 84.0 Å². The number of rotatable bonds is 4. The number of hydrogen-bond donors (Lipinski definition) is 0. The topological polar surface area (TPSA) is 78.6 Å². The van der Waals surface area contributed by atoms with Crippen LogP contribution in [0.2, 0.25) is 0 Å². The highest BCUT2D eigenvalue weighted by molar-refractivity contribution is 6.15. The molecule has 4 aliphatic rings. The van der Waals surface area contributed by atoms with E-state index < -0.39 is 5.54 Å². The number of benzene rings is 2. The van der Waals surface area contributed by atoms with Gasteiger partial charge in [-0.25, -0.2) is 9.79 Å². The molecule has 0 radical (unpaired) electrons. The van der Waals surface area contributed by atoms with Crippen LogP contribution < -0.4 is 0 Å². The van der Waals surface area contributed by atoms with E-state index in [9.17, 15) is 9.59 Å². The van der Waals surface area contributed by atoms with E-state index in [-0.39, 0.29) is 17.9 Å². The molecule has 1 aromatic heterocycles. The SMILES string of the molecule is O=C(N1CCCC1)N1CC[C@@H](CN2C(=O)C3(CCOC3)N=C2c2ccc(-c3ccc4occc4c3)cc2)C1. The van der Waals surface area contributed by atoms with Crippen molar-refractivity contribution in [3.05, 3.63) is 60.4 Å². The smallest absolute Gasteiger partial charge is 0.320 e. The van der Waals surface area contributed by atoms with Crippen molar-refractivity contribution in [3.63, 3.8) is 0 Å². The molecule has 1 spiro atoms. The van der Waals surface area contributed by atoms with E-state index in [1.165, 1.54) is 0 Å². The van der Waals surface area contributed by atoms with E-state index >= 15 is 0 Å². The second-order valence-electron chi connectivity index (χ2n) is 11.0. The second kappa shape index (κ2) is 9.27. The maximum absolute atomic E-state index is 13.7. The Morgan fingerprint density at radius 3 is 2.55 bits per heavy atom. The molecule has 3 fully saturated rings. The van der Waals surface area contributed by atoms with E-state index in [4.69, 9.17) is 14.1 Å². The molecular formula is C30H32N4O4. The summed E-state index contributed by atoms with van der Waals surface area (Å²) in [4.78, 5) is 37.5. The number of furan rings is 1. The van der Waals surface area contributed by atoms with Crippen molar-refractivity contribution in [2.24, 2.45) is 10.9 Å². The molecule has 196 valence electrons. The first-order valence-corrected chi connectivity index (χ1v) is 13.7. The lowest BCUT2D eigenvalue weighted by molar-refractivity contribution is -0.131. The highest BCUT2D eigenvalue weighted by Gasteiger charge is 2.51. The molecule has 0 saturated carbocycles. The van der Waals surface area contributed by atoms with Gasteiger partial charge in [-0.3, -0.25) is 9.69 Å². The van der Waals surface area contributed by atoms with Crippen LogP contribution in [0.25, 0.3) is 22.1 Å². The summed E-state index contributed by atoms with van der Waals surface area (Å²) in [6, 6.07) is 16.6. The van der Waals surface area contributed by atoms with E-state index in [1.54, 1.807) is 6.26 Å². The first-order valence-electron chi connectivity index (χ1n) is 13.7. The molecule has 3 amide bonds. The summed E-state index contributed by atoms with van der Waals surface area (Å²) in [5.41, 5.74) is 3.19. The van der Waals surface area contributed by atoms with Gasteiger partial charge in [0, 0.05) is 56.7 Å². The third-order valence-electron chi connectivity index (χ3n) is 8.52. The number of amidine groups is 1. The Balaban J connectivity index is 1.12. The molecule has 3 saturated heterocycles. The molecule has 7 rings (SSSR count). The minimum atomic E-state index is -0.815. The van der Waals surface area contributed by atoms with Gasteiger partial charge in [0.05, 0.1) is 12.9 Å². The largest absolute Gasteiger partial charge is 0.464 e. The van der Waals surface area contributed by atoms with Crippen LogP contribution in [0.5, 0.6) is 0 Å². The van der Waals surface area contributed by atoms with Gasteiger partial charge in [-0.05, 0) is 54.5 Å². The van der Waals surface area contributed by atoms with Crippen molar-refractivity contribution < 1.29 is 18.7 Å². The minimum Gasteiger partial charge on any atom is -0.464 e. The first kappa shape index (κ1) is 23.5. The zero-order valence-electron chi connectivity index (χ0n) is 21.5. The van der Waals surface area contributed by atoms with Crippen LogP contribution in [0.4, 0.5) is 4.79 Å². The molecule has 5 heterocycles. The van der Waals surface area contributed by atoms with Crippen LogP contribution in [-0.2, 0) is 9.53 Å². The Labute approximate surface area is 221 Å². The molecule has 38 heavy (non-hydrogen) atoms. The average molecular weight is 513 g/mol. The Morgan fingerprint density at radius 1 is 0.974 bits per heavy atom. The zero-order valence-corrected chi connectivity index (χ0v) is 21.5. The van der Waals surface area contributed by atoms with Crippen molar-refractivity contribution in [2.75, 3.05) is 45.9 Å². The number of aliphatic imine (C=N–C) groups is 1. The van der Waals surface area contributed by atoms with Crippen LogP contribution in [0.3, 0.4) is 0 Å². The summed E-state index contributed by atoms with van der Waals surface area (Å²) in [6.07, 6.45) is 5.39. The highest BCUT2D eigenvalue weighted by atomic mass is 16.5. The second-order valence-corrected chi connectivity index (χ2v) is 11.0. The summed E-state index contributed by atoms with van der Waals surface area (Å²) < 4.78 is 11.1. The number of nitrogens with zero attached hydrogens (tertiary/aromatic N) is 4. The van der Waals surface area contributed by atoms with Crippen molar-refractivity contribution >= 4 is 28.7 Å². The Hall–Kier alpha value is -3.65.